The molecule has 1 saturated heterocycles. The summed E-state index contributed by atoms with van der Waals surface area (Å²) in [5.74, 6) is 0.772. The van der Waals surface area contributed by atoms with Crippen molar-refractivity contribution in [2.24, 2.45) is 11.7 Å². The number of benzene rings is 1. The molecule has 0 bridgehead atoms. The van der Waals surface area contributed by atoms with Crippen LogP contribution in [0, 0.1) is 5.92 Å². The molecule has 2 N–H and O–H groups in total. The molecule has 3 nitrogen and oxygen atoms in total. The summed E-state index contributed by atoms with van der Waals surface area (Å²) in [4.78, 5) is 14.7. The number of carbonyl (C=O) groups excluding carboxylic acids is 1. The van der Waals surface area contributed by atoms with Gasteiger partial charge in [0.25, 0.3) is 5.91 Å². The highest BCUT2D eigenvalue weighted by Crippen LogP contribution is 2.28. The van der Waals surface area contributed by atoms with E-state index in [0.717, 1.165) is 30.5 Å². The summed E-state index contributed by atoms with van der Waals surface area (Å²) in [6, 6.07) is 8.13. The van der Waals surface area contributed by atoms with Crippen molar-refractivity contribution in [3.05, 3.63) is 35.4 Å². The highest BCUT2D eigenvalue weighted by Gasteiger charge is 2.32. The average molecular weight is 274 g/mol. The summed E-state index contributed by atoms with van der Waals surface area (Å²) in [6.45, 7) is 5.91. The van der Waals surface area contributed by atoms with Crippen molar-refractivity contribution in [2.45, 2.75) is 52.1 Å². The predicted octanol–water partition coefficient (Wildman–Crippen LogP) is 3.19. The molecule has 0 radical (unpaired) electrons. The van der Waals surface area contributed by atoms with Crippen molar-refractivity contribution in [1.82, 2.24) is 4.90 Å². The first-order valence-corrected chi connectivity index (χ1v) is 7.77. The Labute approximate surface area is 122 Å². The smallest absolute Gasteiger partial charge is 0.254 e. The fraction of sp³-hybridized carbons (Fsp3) is 0.588. The molecule has 20 heavy (non-hydrogen) atoms. The summed E-state index contributed by atoms with van der Waals surface area (Å²) >= 11 is 0. The monoisotopic (exact) mass is 274 g/mol. The molecule has 1 aromatic rings. The van der Waals surface area contributed by atoms with Gasteiger partial charge in [0.05, 0.1) is 0 Å². The standard InChI is InChI=1S/C17H26N2O/c1-3-5-13(2)16-6-4-11-19(16)17(20)15-9-7-14(12-18)8-10-15/h7-10,13,16H,3-6,11-12,18H2,1-2H3. The molecule has 110 valence electrons. The van der Waals surface area contributed by atoms with Gasteiger partial charge < -0.3 is 10.6 Å². The molecule has 2 atom stereocenters. The maximum absolute atomic E-state index is 12.7. The van der Waals surface area contributed by atoms with E-state index in [0.29, 0.717) is 18.5 Å². The van der Waals surface area contributed by atoms with Crippen molar-refractivity contribution in [2.75, 3.05) is 6.54 Å². The Kier molecular flexibility index (Phi) is 5.18. The third-order valence-corrected chi connectivity index (χ3v) is 4.40. The Morgan fingerprint density at radius 3 is 2.70 bits per heavy atom. The van der Waals surface area contributed by atoms with E-state index in [9.17, 15) is 4.79 Å². The molecule has 1 aliphatic heterocycles. The van der Waals surface area contributed by atoms with Crippen molar-refractivity contribution < 1.29 is 4.79 Å². The molecular formula is C17H26N2O. The molecule has 0 aliphatic carbocycles. The van der Waals surface area contributed by atoms with E-state index in [-0.39, 0.29) is 5.91 Å². The lowest BCUT2D eigenvalue weighted by molar-refractivity contribution is 0.0690. The Morgan fingerprint density at radius 1 is 1.40 bits per heavy atom. The summed E-state index contributed by atoms with van der Waals surface area (Å²) in [7, 11) is 0. The molecule has 1 aliphatic rings. The summed E-state index contributed by atoms with van der Waals surface area (Å²) in [5, 5.41) is 0. The van der Waals surface area contributed by atoms with Crippen molar-refractivity contribution in [3.8, 4) is 0 Å². The van der Waals surface area contributed by atoms with Gasteiger partial charge in [-0.3, -0.25) is 4.79 Å². The zero-order valence-corrected chi connectivity index (χ0v) is 12.6. The number of rotatable bonds is 5. The molecule has 3 heteroatoms. The van der Waals surface area contributed by atoms with Crippen LogP contribution in [0.3, 0.4) is 0 Å². The van der Waals surface area contributed by atoms with Gasteiger partial charge in [-0.05, 0) is 42.9 Å². The fourth-order valence-electron chi connectivity index (χ4n) is 3.23. The highest BCUT2D eigenvalue weighted by atomic mass is 16.2. The van der Waals surface area contributed by atoms with E-state index in [1.165, 1.54) is 12.8 Å². The Bertz CT molecular complexity index is 441. The molecule has 1 heterocycles. The average Bonchev–Trinajstić information content (AvgIpc) is 2.96. The molecule has 1 aromatic carbocycles. The van der Waals surface area contributed by atoms with Crippen LogP contribution >= 0.6 is 0 Å². The normalized spacial score (nSPS) is 20.1. The van der Waals surface area contributed by atoms with E-state index >= 15 is 0 Å². The Hall–Kier alpha value is -1.35. The van der Waals surface area contributed by atoms with Gasteiger partial charge in [0, 0.05) is 24.7 Å². The van der Waals surface area contributed by atoms with Gasteiger partial charge in [0.2, 0.25) is 0 Å². The van der Waals surface area contributed by atoms with Crippen LogP contribution in [0.5, 0.6) is 0 Å². The zero-order valence-electron chi connectivity index (χ0n) is 12.6. The largest absolute Gasteiger partial charge is 0.335 e. The number of hydrogen-bond donors (Lipinski definition) is 1. The molecule has 0 spiro atoms. The van der Waals surface area contributed by atoms with E-state index in [2.05, 4.69) is 18.7 Å². The molecule has 1 fully saturated rings. The van der Waals surface area contributed by atoms with Crippen LogP contribution < -0.4 is 5.73 Å². The topological polar surface area (TPSA) is 46.3 Å². The third-order valence-electron chi connectivity index (χ3n) is 4.40. The van der Waals surface area contributed by atoms with Gasteiger partial charge in [-0.15, -0.1) is 0 Å². The molecule has 0 aromatic heterocycles. The highest BCUT2D eigenvalue weighted by molar-refractivity contribution is 5.94. The van der Waals surface area contributed by atoms with E-state index in [4.69, 9.17) is 5.73 Å². The second-order valence-corrected chi connectivity index (χ2v) is 5.88. The number of hydrogen-bond acceptors (Lipinski definition) is 2. The van der Waals surface area contributed by atoms with Crippen LogP contribution in [-0.2, 0) is 6.54 Å². The quantitative estimate of drug-likeness (QED) is 0.896. The summed E-state index contributed by atoms with van der Waals surface area (Å²) in [5.41, 5.74) is 7.46. The lowest BCUT2D eigenvalue weighted by Gasteiger charge is -2.29. The minimum Gasteiger partial charge on any atom is -0.335 e. The van der Waals surface area contributed by atoms with Crippen LogP contribution in [-0.4, -0.2) is 23.4 Å². The van der Waals surface area contributed by atoms with Crippen molar-refractivity contribution in [3.63, 3.8) is 0 Å². The summed E-state index contributed by atoms with van der Waals surface area (Å²) in [6.07, 6.45) is 4.66. The molecule has 0 saturated carbocycles. The number of likely N-dealkylation sites (tertiary alicyclic amines) is 1. The summed E-state index contributed by atoms with van der Waals surface area (Å²) < 4.78 is 0. The van der Waals surface area contributed by atoms with E-state index < -0.39 is 0 Å². The maximum Gasteiger partial charge on any atom is 0.254 e. The number of amides is 1. The lowest BCUT2D eigenvalue weighted by atomic mass is 9.94. The first kappa shape index (κ1) is 15.0. The van der Waals surface area contributed by atoms with Gasteiger partial charge in [-0.25, -0.2) is 0 Å². The Balaban J connectivity index is 2.10. The van der Waals surface area contributed by atoms with Crippen LogP contribution in [0.15, 0.2) is 24.3 Å². The Morgan fingerprint density at radius 2 is 2.10 bits per heavy atom. The van der Waals surface area contributed by atoms with Crippen LogP contribution in [0.25, 0.3) is 0 Å². The van der Waals surface area contributed by atoms with Gasteiger partial charge in [-0.2, -0.15) is 0 Å². The molecule has 2 unspecified atom stereocenters. The van der Waals surface area contributed by atoms with Crippen LogP contribution in [0.4, 0.5) is 0 Å². The second kappa shape index (κ2) is 6.89. The second-order valence-electron chi connectivity index (χ2n) is 5.88. The van der Waals surface area contributed by atoms with Crippen molar-refractivity contribution >= 4 is 5.91 Å². The zero-order chi connectivity index (χ0) is 14.5. The minimum absolute atomic E-state index is 0.180. The first-order chi connectivity index (χ1) is 9.67. The number of nitrogens with two attached hydrogens (primary N) is 1. The molecular weight excluding hydrogens is 248 g/mol. The number of nitrogens with zero attached hydrogens (tertiary/aromatic N) is 1. The van der Waals surface area contributed by atoms with Gasteiger partial charge in [-0.1, -0.05) is 32.4 Å². The van der Waals surface area contributed by atoms with E-state index in [1.807, 2.05) is 24.3 Å². The first-order valence-electron chi connectivity index (χ1n) is 7.77. The molecule has 1 amide bonds. The number of carbonyl (C=O) groups is 1. The van der Waals surface area contributed by atoms with Gasteiger partial charge in [0.15, 0.2) is 0 Å². The van der Waals surface area contributed by atoms with Crippen LogP contribution in [0.2, 0.25) is 0 Å². The van der Waals surface area contributed by atoms with Gasteiger partial charge >= 0.3 is 0 Å². The van der Waals surface area contributed by atoms with Gasteiger partial charge in [0.1, 0.15) is 0 Å². The van der Waals surface area contributed by atoms with Crippen LogP contribution in [0.1, 0.15) is 55.5 Å². The minimum atomic E-state index is 0.180. The third kappa shape index (κ3) is 3.21. The maximum atomic E-state index is 12.7. The van der Waals surface area contributed by atoms with Crippen molar-refractivity contribution in [1.29, 1.82) is 0 Å². The predicted molar refractivity (Wildman–Crippen MR) is 82.5 cm³/mol. The lowest BCUT2D eigenvalue weighted by Crippen LogP contribution is -2.39. The molecule has 2 rings (SSSR count). The SMILES string of the molecule is CCCC(C)C1CCCN1C(=O)c1ccc(CN)cc1. The van der Waals surface area contributed by atoms with E-state index in [1.54, 1.807) is 0 Å². The fourth-order valence-corrected chi connectivity index (χ4v) is 3.23.